The number of nitrogens with one attached hydrogen (secondary N) is 1. The maximum Gasteiger partial charge on any atom is 0.202 e. The highest BCUT2D eigenvalue weighted by molar-refractivity contribution is 6.38. The molecule has 36 heavy (non-hydrogen) atoms. The molecular weight excluding hydrogens is 479 g/mol. The molecule has 182 valence electrons. The highest BCUT2D eigenvalue weighted by Crippen LogP contribution is 2.63. The number of hydrogen-bond donors (Lipinski definition) is 2. The van der Waals surface area contributed by atoms with Gasteiger partial charge in [0, 0.05) is 49.2 Å². The number of benzene rings is 2. The highest BCUT2D eigenvalue weighted by Gasteiger charge is 2.66. The van der Waals surface area contributed by atoms with Gasteiger partial charge in [-0.1, -0.05) is 41.9 Å². The first kappa shape index (κ1) is 21.7. The Balaban J connectivity index is 1.20. The third-order valence-electron chi connectivity index (χ3n) is 8.12. The van der Waals surface area contributed by atoms with E-state index in [4.69, 9.17) is 27.3 Å². The average molecular weight is 503 g/mol. The van der Waals surface area contributed by atoms with E-state index in [0.29, 0.717) is 34.3 Å². The summed E-state index contributed by atoms with van der Waals surface area (Å²) in [6.45, 7) is 2.01. The molecule has 0 radical (unpaired) electrons. The topological polar surface area (TPSA) is 102 Å². The normalized spacial score (nSPS) is 23.4. The predicted octanol–water partition coefficient (Wildman–Crippen LogP) is 4.05. The molecule has 0 unspecified atom stereocenters. The minimum atomic E-state index is -0.308. The number of aromatic amines is 1. The highest BCUT2D eigenvalue weighted by atomic mass is 35.5. The molecule has 1 saturated carbocycles. The Labute approximate surface area is 211 Å². The number of piperidine rings is 1. The van der Waals surface area contributed by atoms with Gasteiger partial charge < -0.3 is 10.6 Å². The summed E-state index contributed by atoms with van der Waals surface area (Å²) >= 11 is 6.71. The largest absolute Gasteiger partial charge is 0.355 e. The summed E-state index contributed by atoms with van der Waals surface area (Å²) in [5.74, 6) is 1.26. The van der Waals surface area contributed by atoms with Gasteiger partial charge >= 0.3 is 0 Å². The molecule has 4 heterocycles. The second kappa shape index (κ2) is 7.72. The van der Waals surface area contributed by atoms with E-state index in [0.717, 1.165) is 47.4 Å². The number of aryl methyl sites for hydroxylation is 1. The second-order valence-corrected chi connectivity index (χ2v) is 10.2. The molecule has 5 aromatic rings. The molecule has 1 aliphatic carbocycles. The van der Waals surface area contributed by atoms with Gasteiger partial charge in [0.05, 0.1) is 16.9 Å². The van der Waals surface area contributed by atoms with Crippen molar-refractivity contribution in [3.8, 4) is 11.3 Å². The van der Waals surface area contributed by atoms with Gasteiger partial charge in [0.2, 0.25) is 5.65 Å². The fourth-order valence-electron chi connectivity index (χ4n) is 6.33. The van der Waals surface area contributed by atoms with Crippen LogP contribution < -0.4 is 10.6 Å². The first-order valence-corrected chi connectivity index (χ1v) is 12.4. The van der Waals surface area contributed by atoms with Crippen LogP contribution in [0.2, 0.25) is 5.02 Å². The van der Waals surface area contributed by atoms with Gasteiger partial charge in [0.1, 0.15) is 22.7 Å². The lowest BCUT2D eigenvalue weighted by atomic mass is 9.91. The minimum Gasteiger partial charge on any atom is -0.355 e. The number of nitrogens with two attached hydrogens (primary N) is 1. The Morgan fingerprint density at radius 1 is 1.19 bits per heavy atom. The van der Waals surface area contributed by atoms with E-state index < -0.39 is 0 Å². The number of aromatic nitrogens is 6. The van der Waals surface area contributed by atoms with Crippen molar-refractivity contribution < 1.29 is 4.39 Å². The van der Waals surface area contributed by atoms with Crippen molar-refractivity contribution in [2.75, 3.05) is 24.5 Å². The Kier molecular flexibility index (Phi) is 4.65. The van der Waals surface area contributed by atoms with Crippen molar-refractivity contribution in [2.24, 2.45) is 24.6 Å². The third-order valence-corrected chi connectivity index (χ3v) is 8.50. The molecule has 10 heteroatoms. The van der Waals surface area contributed by atoms with Gasteiger partial charge in [0.15, 0.2) is 0 Å². The van der Waals surface area contributed by atoms with Crippen LogP contribution in [0.15, 0.2) is 48.8 Å². The van der Waals surface area contributed by atoms with E-state index >= 15 is 0 Å². The minimum absolute atomic E-state index is 0.170. The van der Waals surface area contributed by atoms with Gasteiger partial charge in [-0.3, -0.25) is 9.78 Å². The molecule has 0 amide bonds. The average Bonchev–Trinajstić information content (AvgIpc) is 3.12. The fourth-order valence-corrected chi connectivity index (χ4v) is 6.63. The van der Waals surface area contributed by atoms with E-state index in [1.165, 1.54) is 6.07 Å². The van der Waals surface area contributed by atoms with E-state index in [1.54, 1.807) is 16.9 Å². The molecule has 8 nitrogen and oxygen atoms in total. The third kappa shape index (κ3) is 2.96. The van der Waals surface area contributed by atoms with Crippen molar-refractivity contribution >= 4 is 39.5 Å². The fraction of sp³-hybridized carbons (Fsp3) is 0.308. The summed E-state index contributed by atoms with van der Waals surface area (Å²) in [5.41, 5.74) is 10.1. The van der Waals surface area contributed by atoms with Crippen LogP contribution in [0, 0.1) is 17.7 Å². The lowest BCUT2D eigenvalue weighted by Gasteiger charge is -2.26. The predicted molar refractivity (Wildman–Crippen MR) is 137 cm³/mol. The Morgan fingerprint density at radius 3 is 2.89 bits per heavy atom. The van der Waals surface area contributed by atoms with E-state index in [9.17, 15) is 4.39 Å². The van der Waals surface area contributed by atoms with Gasteiger partial charge in [-0.25, -0.2) is 14.4 Å². The van der Waals surface area contributed by atoms with Crippen LogP contribution >= 0.6 is 11.6 Å². The first-order valence-electron chi connectivity index (χ1n) is 12.0. The van der Waals surface area contributed by atoms with Crippen LogP contribution in [0.4, 0.5) is 10.2 Å². The first-order chi connectivity index (χ1) is 17.5. The van der Waals surface area contributed by atoms with Gasteiger partial charge in [-0.15, -0.1) is 0 Å². The van der Waals surface area contributed by atoms with Gasteiger partial charge in [-0.2, -0.15) is 10.2 Å². The van der Waals surface area contributed by atoms with Crippen LogP contribution in [-0.2, 0) is 12.5 Å². The van der Waals surface area contributed by atoms with E-state index in [1.807, 2.05) is 37.5 Å². The van der Waals surface area contributed by atoms with Crippen molar-refractivity contribution in [3.05, 3.63) is 65.2 Å². The van der Waals surface area contributed by atoms with Crippen LogP contribution in [0.1, 0.15) is 12.0 Å². The number of nitrogens with zero attached hydrogens (tertiary/aromatic N) is 6. The van der Waals surface area contributed by atoms with Crippen LogP contribution in [0.5, 0.6) is 0 Å². The molecule has 3 aromatic heterocycles. The number of hydrogen-bond acceptors (Lipinski definition) is 6. The SMILES string of the molecule is Cn1cc2ccc(-c3[nH]nc4nc(N5CC[C@@H]6[C@H](C5)[C@@]6(CN)c5ccccc5F)cnc34)c(Cl)c2n1. The van der Waals surface area contributed by atoms with Crippen molar-refractivity contribution in [3.63, 3.8) is 0 Å². The second-order valence-electron chi connectivity index (χ2n) is 9.84. The van der Waals surface area contributed by atoms with Crippen LogP contribution in [0.25, 0.3) is 33.3 Å². The van der Waals surface area contributed by atoms with Crippen molar-refractivity contribution in [1.29, 1.82) is 0 Å². The zero-order chi connectivity index (χ0) is 24.6. The molecule has 2 aromatic carbocycles. The number of halogens is 2. The summed E-state index contributed by atoms with van der Waals surface area (Å²) in [6, 6.07) is 11.0. The van der Waals surface area contributed by atoms with Crippen LogP contribution in [0.3, 0.4) is 0 Å². The standard InChI is InChI=1S/C26H24ClFN8/c1-35-11-14-6-7-15(21(27)22(14)34-35)23-24-25(33-32-23)31-20(10-30-24)36-9-8-16-18(12-36)26(16,13-29)17-4-2-3-5-19(17)28/h2-7,10-11,16,18H,8-9,12-13,29H2,1H3,(H,31,32,33)/t16-,18+,26-/m1/s1. The molecule has 1 aliphatic heterocycles. The van der Waals surface area contributed by atoms with Crippen molar-refractivity contribution in [1.82, 2.24) is 29.9 Å². The zero-order valence-electron chi connectivity index (χ0n) is 19.6. The number of fused-ring (bicyclic) bond motifs is 3. The lowest BCUT2D eigenvalue weighted by Crippen LogP contribution is -2.32. The summed E-state index contributed by atoms with van der Waals surface area (Å²) in [6.07, 6.45) is 4.64. The smallest absolute Gasteiger partial charge is 0.202 e. The molecule has 1 saturated heterocycles. The van der Waals surface area contributed by atoms with Crippen LogP contribution in [-0.4, -0.2) is 49.6 Å². The Hall–Kier alpha value is -3.56. The molecule has 7 rings (SSSR count). The molecule has 2 fully saturated rings. The van der Waals surface area contributed by atoms with E-state index in [-0.39, 0.29) is 17.2 Å². The molecule has 3 N–H and O–H groups in total. The summed E-state index contributed by atoms with van der Waals surface area (Å²) in [4.78, 5) is 11.7. The molecule has 2 aliphatic rings. The number of H-pyrrole nitrogens is 1. The Bertz CT molecular complexity index is 1640. The zero-order valence-corrected chi connectivity index (χ0v) is 20.4. The lowest BCUT2D eigenvalue weighted by molar-refractivity contribution is 0.533. The molecular formula is C26H24ClFN8. The van der Waals surface area contributed by atoms with Crippen molar-refractivity contribution in [2.45, 2.75) is 11.8 Å². The number of rotatable bonds is 4. The quantitative estimate of drug-likeness (QED) is 0.384. The van der Waals surface area contributed by atoms with E-state index in [2.05, 4.69) is 20.2 Å². The monoisotopic (exact) mass is 502 g/mol. The molecule has 0 spiro atoms. The molecule has 3 atom stereocenters. The Morgan fingerprint density at radius 2 is 2.06 bits per heavy atom. The molecule has 0 bridgehead atoms. The summed E-state index contributed by atoms with van der Waals surface area (Å²) in [7, 11) is 1.87. The summed E-state index contributed by atoms with van der Waals surface area (Å²) < 4.78 is 16.4. The maximum absolute atomic E-state index is 14.7. The summed E-state index contributed by atoms with van der Waals surface area (Å²) in [5, 5.41) is 13.5. The number of anilines is 1. The maximum atomic E-state index is 14.7. The van der Waals surface area contributed by atoms with Gasteiger partial charge in [-0.05, 0) is 29.9 Å². The van der Waals surface area contributed by atoms with Gasteiger partial charge in [0.25, 0.3) is 0 Å².